The van der Waals surface area contributed by atoms with Gasteiger partial charge < -0.3 is 25.8 Å². The smallest absolute Gasteiger partial charge is 0.341 e. The van der Waals surface area contributed by atoms with Crippen molar-refractivity contribution in [2.75, 3.05) is 13.7 Å². The number of nitrogens with two attached hydrogens (primary N) is 1. The molecule has 1 aromatic rings. The summed E-state index contributed by atoms with van der Waals surface area (Å²) < 4.78 is 4.44. The molecule has 1 aromatic carbocycles. The Morgan fingerprint density at radius 3 is 2.56 bits per heavy atom. The van der Waals surface area contributed by atoms with Crippen LogP contribution in [0, 0.1) is 0 Å². The highest BCUT2D eigenvalue weighted by Gasteiger charge is 2.18. The first-order valence-electron chi connectivity index (χ1n) is 4.51. The van der Waals surface area contributed by atoms with E-state index in [1.54, 1.807) is 0 Å². The third-order valence-electron chi connectivity index (χ3n) is 2.15. The van der Waals surface area contributed by atoms with Crippen molar-refractivity contribution < 1.29 is 24.9 Å². The van der Waals surface area contributed by atoms with Gasteiger partial charge in [0, 0.05) is 11.6 Å². The topological polar surface area (TPSA) is 113 Å². The highest BCUT2D eigenvalue weighted by molar-refractivity contribution is 5.93. The zero-order chi connectivity index (χ0) is 12.3. The summed E-state index contributed by atoms with van der Waals surface area (Å²) in [6, 6.07) is 1.35. The second kappa shape index (κ2) is 4.82. The van der Waals surface area contributed by atoms with Gasteiger partial charge in [-0.15, -0.1) is 0 Å². The maximum atomic E-state index is 11.2. The molecule has 1 atom stereocenters. The van der Waals surface area contributed by atoms with Gasteiger partial charge in [0.25, 0.3) is 0 Å². The van der Waals surface area contributed by atoms with Crippen molar-refractivity contribution in [3.63, 3.8) is 0 Å². The van der Waals surface area contributed by atoms with Crippen molar-refractivity contribution >= 4 is 5.97 Å². The molecule has 1 rings (SSSR count). The molecule has 6 nitrogen and oxygen atoms in total. The van der Waals surface area contributed by atoms with E-state index in [1.807, 2.05) is 0 Å². The molecule has 0 aromatic heterocycles. The van der Waals surface area contributed by atoms with E-state index in [0.717, 1.165) is 6.07 Å². The van der Waals surface area contributed by atoms with Gasteiger partial charge in [0.2, 0.25) is 0 Å². The first-order valence-corrected chi connectivity index (χ1v) is 4.51. The van der Waals surface area contributed by atoms with Crippen LogP contribution in [0.3, 0.4) is 0 Å². The lowest BCUT2D eigenvalue weighted by molar-refractivity contribution is 0.0597. The number of hydrogen-bond acceptors (Lipinski definition) is 6. The van der Waals surface area contributed by atoms with E-state index < -0.39 is 17.8 Å². The number of hydrogen-bond donors (Lipinski definition) is 4. The van der Waals surface area contributed by atoms with E-state index >= 15 is 0 Å². The zero-order valence-electron chi connectivity index (χ0n) is 8.67. The lowest BCUT2D eigenvalue weighted by Gasteiger charge is -2.13. The number of ether oxygens (including phenoxy) is 1. The second-order valence-electron chi connectivity index (χ2n) is 3.21. The first kappa shape index (κ1) is 12.3. The number of carbonyl (C=O) groups excluding carboxylic acids is 1. The van der Waals surface area contributed by atoms with Crippen molar-refractivity contribution in [1.82, 2.24) is 0 Å². The van der Waals surface area contributed by atoms with Crippen molar-refractivity contribution in [3.8, 4) is 11.5 Å². The minimum absolute atomic E-state index is 0.112. The summed E-state index contributed by atoms with van der Waals surface area (Å²) >= 11 is 0. The van der Waals surface area contributed by atoms with Crippen LogP contribution in [0.5, 0.6) is 11.5 Å². The molecule has 0 saturated carbocycles. The number of aliphatic hydroxyl groups excluding tert-OH is 1. The first-order chi connectivity index (χ1) is 7.51. The van der Waals surface area contributed by atoms with Crippen molar-refractivity contribution in [2.24, 2.45) is 5.73 Å². The van der Waals surface area contributed by atoms with Crippen LogP contribution in [0.15, 0.2) is 12.1 Å². The molecule has 0 bridgehead atoms. The maximum Gasteiger partial charge on any atom is 0.341 e. The highest BCUT2D eigenvalue weighted by atomic mass is 16.5. The summed E-state index contributed by atoms with van der Waals surface area (Å²) in [7, 11) is 1.17. The maximum absolute atomic E-state index is 11.2. The summed E-state index contributed by atoms with van der Waals surface area (Å²) in [5, 5.41) is 27.7. The number of rotatable bonds is 3. The summed E-state index contributed by atoms with van der Waals surface area (Å²) in [5.41, 5.74) is 5.57. The Bertz CT molecular complexity index is 404. The van der Waals surface area contributed by atoms with Gasteiger partial charge in [-0.25, -0.2) is 4.79 Å². The van der Waals surface area contributed by atoms with Gasteiger partial charge in [-0.05, 0) is 6.07 Å². The van der Waals surface area contributed by atoms with Crippen LogP contribution in [0.25, 0.3) is 0 Å². The van der Waals surface area contributed by atoms with Gasteiger partial charge in [0.15, 0.2) is 0 Å². The normalized spacial score (nSPS) is 12.2. The quantitative estimate of drug-likeness (QED) is 0.535. The molecular weight excluding hydrogens is 214 g/mol. The number of phenols is 2. The molecule has 88 valence electrons. The van der Waals surface area contributed by atoms with Gasteiger partial charge in [-0.3, -0.25) is 0 Å². The summed E-state index contributed by atoms with van der Waals surface area (Å²) in [4.78, 5) is 11.2. The Kier molecular flexibility index (Phi) is 3.70. The Labute approximate surface area is 91.9 Å². The monoisotopic (exact) mass is 227 g/mol. The third-order valence-corrected chi connectivity index (χ3v) is 2.15. The SMILES string of the molecule is COC(=O)c1cc(C(N)CO)c(O)cc1O. The minimum Gasteiger partial charge on any atom is -0.507 e. The number of esters is 1. The third kappa shape index (κ3) is 2.23. The average molecular weight is 227 g/mol. The predicted molar refractivity (Wildman–Crippen MR) is 55.1 cm³/mol. The van der Waals surface area contributed by atoms with Crippen LogP contribution in [0.4, 0.5) is 0 Å². The molecule has 0 saturated heterocycles. The van der Waals surface area contributed by atoms with Crippen molar-refractivity contribution in [3.05, 3.63) is 23.3 Å². The Balaban J connectivity index is 3.26. The van der Waals surface area contributed by atoms with E-state index in [9.17, 15) is 15.0 Å². The van der Waals surface area contributed by atoms with E-state index in [2.05, 4.69) is 4.74 Å². The summed E-state index contributed by atoms with van der Waals surface area (Å²) in [6.07, 6.45) is 0. The Hall–Kier alpha value is -1.79. The number of benzene rings is 1. The van der Waals surface area contributed by atoms with E-state index in [4.69, 9.17) is 10.8 Å². The van der Waals surface area contributed by atoms with Crippen LogP contribution in [0.2, 0.25) is 0 Å². The molecule has 16 heavy (non-hydrogen) atoms. The van der Waals surface area contributed by atoms with Gasteiger partial charge in [0.05, 0.1) is 19.8 Å². The van der Waals surface area contributed by atoms with Crippen LogP contribution in [-0.2, 0) is 4.74 Å². The second-order valence-corrected chi connectivity index (χ2v) is 3.21. The fourth-order valence-electron chi connectivity index (χ4n) is 1.26. The fourth-order valence-corrected chi connectivity index (χ4v) is 1.26. The molecule has 0 aliphatic heterocycles. The van der Waals surface area contributed by atoms with E-state index in [0.29, 0.717) is 0 Å². The molecule has 0 radical (unpaired) electrons. The molecule has 0 aliphatic carbocycles. The zero-order valence-corrected chi connectivity index (χ0v) is 8.67. The molecule has 1 unspecified atom stereocenters. The largest absolute Gasteiger partial charge is 0.507 e. The lowest BCUT2D eigenvalue weighted by atomic mass is 10.0. The number of carbonyl (C=O) groups is 1. The van der Waals surface area contributed by atoms with Crippen molar-refractivity contribution in [1.29, 1.82) is 0 Å². The summed E-state index contributed by atoms with van der Waals surface area (Å²) in [5.74, 6) is -1.44. The number of aromatic hydroxyl groups is 2. The average Bonchev–Trinajstić information content (AvgIpc) is 2.27. The number of phenolic OH excluding ortho intramolecular Hbond substituents is 2. The van der Waals surface area contributed by atoms with Crippen LogP contribution < -0.4 is 5.73 Å². The highest BCUT2D eigenvalue weighted by Crippen LogP contribution is 2.30. The minimum atomic E-state index is -0.830. The molecule has 5 N–H and O–H groups in total. The van der Waals surface area contributed by atoms with Crippen molar-refractivity contribution in [2.45, 2.75) is 6.04 Å². The number of aliphatic hydroxyl groups is 1. The molecule has 0 heterocycles. The van der Waals surface area contributed by atoms with Crippen LogP contribution in [-0.4, -0.2) is 35.0 Å². The fraction of sp³-hybridized carbons (Fsp3) is 0.300. The molecule has 0 amide bonds. The van der Waals surface area contributed by atoms with Crippen LogP contribution >= 0.6 is 0 Å². The lowest BCUT2D eigenvalue weighted by Crippen LogP contribution is -2.15. The van der Waals surface area contributed by atoms with E-state index in [1.165, 1.54) is 13.2 Å². The molecular formula is C10H13NO5. The van der Waals surface area contributed by atoms with Gasteiger partial charge in [-0.2, -0.15) is 0 Å². The van der Waals surface area contributed by atoms with Gasteiger partial charge in [0.1, 0.15) is 17.1 Å². The standard InChI is InChI=1S/C10H13NO5/c1-16-10(15)6-2-5(7(11)4-12)8(13)3-9(6)14/h2-3,7,12-14H,4,11H2,1H3. The molecule has 0 fully saturated rings. The predicted octanol–water partition coefficient (Wildman–Crippen LogP) is -0.123. The Morgan fingerprint density at radius 2 is 2.06 bits per heavy atom. The number of methoxy groups -OCH3 is 1. The van der Waals surface area contributed by atoms with Gasteiger partial charge >= 0.3 is 5.97 Å². The Morgan fingerprint density at radius 1 is 1.44 bits per heavy atom. The van der Waals surface area contributed by atoms with E-state index in [-0.39, 0.29) is 23.5 Å². The summed E-state index contributed by atoms with van der Waals surface area (Å²) in [6.45, 7) is -0.390. The molecule has 0 spiro atoms. The van der Waals surface area contributed by atoms with Crippen LogP contribution in [0.1, 0.15) is 22.0 Å². The molecule has 6 heteroatoms. The molecule has 0 aliphatic rings. The van der Waals surface area contributed by atoms with Gasteiger partial charge in [-0.1, -0.05) is 0 Å².